The molecular formula is C12H17FN4O. The van der Waals surface area contributed by atoms with E-state index in [1.165, 1.54) is 0 Å². The molecule has 5 nitrogen and oxygen atoms in total. The third-order valence-corrected chi connectivity index (χ3v) is 3.14. The number of carbonyl (C=O) groups is 1. The van der Waals surface area contributed by atoms with E-state index in [9.17, 15) is 9.18 Å². The number of nitrogens with zero attached hydrogens (tertiary/aromatic N) is 3. The standard InChI is InChI=1S/C12H17FN4O/c1-2-16-4-3-11-10(12(16)18)8-17(15-11)7-9(5-13)6-14/h5,8H,2-4,6-7,14H2,1H3. The molecule has 0 aliphatic carbocycles. The summed E-state index contributed by atoms with van der Waals surface area (Å²) in [5, 5.41) is 4.31. The van der Waals surface area contributed by atoms with Crippen molar-refractivity contribution >= 4 is 5.91 Å². The number of fused-ring (bicyclic) bond motifs is 1. The van der Waals surface area contributed by atoms with Gasteiger partial charge in [-0.2, -0.15) is 5.10 Å². The first kappa shape index (κ1) is 12.8. The normalized spacial score (nSPS) is 16.1. The van der Waals surface area contributed by atoms with Gasteiger partial charge >= 0.3 is 0 Å². The lowest BCUT2D eigenvalue weighted by molar-refractivity contribution is 0.0748. The van der Waals surface area contributed by atoms with E-state index in [2.05, 4.69) is 5.10 Å². The van der Waals surface area contributed by atoms with Gasteiger partial charge in [-0.05, 0) is 12.5 Å². The third kappa shape index (κ3) is 2.28. The Morgan fingerprint density at radius 3 is 3.06 bits per heavy atom. The molecule has 1 amide bonds. The molecule has 1 aromatic rings. The predicted molar refractivity (Wildman–Crippen MR) is 65.8 cm³/mol. The zero-order valence-electron chi connectivity index (χ0n) is 10.4. The minimum absolute atomic E-state index is 0.00327. The molecule has 0 aromatic carbocycles. The van der Waals surface area contributed by atoms with Crippen LogP contribution in [-0.2, 0) is 13.0 Å². The average molecular weight is 252 g/mol. The number of nitrogens with two attached hydrogens (primary N) is 1. The molecule has 0 saturated heterocycles. The van der Waals surface area contributed by atoms with Crippen molar-refractivity contribution in [2.24, 2.45) is 5.73 Å². The highest BCUT2D eigenvalue weighted by Gasteiger charge is 2.26. The molecule has 0 unspecified atom stereocenters. The molecule has 1 aromatic heterocycles. The maximum Gasteiger partial charge on any atom is 0.257 e. The largest absolute Gasteiger partial charge is 0.338 e. The minimum Gasteiger partial charge on any atom is -0.338 e. The van der Waals surface area contributed by atoms with Gasteiger partial charge in [0.15, 0.2) is 0 Å². The summed E-state index contributed by atoms with van der Waals surface area (Å²) < 4.78 is 14.0. The van der Waals surface area contributed by atoms with Crippen molar-refractivity contribution in [3.05, 3.63) is 29.4 Å². The Kier molecular flexibility index (Phi) is 3.76. The molecule has 18 heavy (non-hydrogen) atoms. The highest BCUT2D eigenvalue weighted by atomic mass is 19.1. The van der Waals surface area contributed by atoms with Crippen LogP contribution in [0, 0.1) is 0 Å². The summed E-state index contributed by atoms with van der Waals surface area (Å²) in [5.74, 6) is 0.00327. The van der Waals surface area contributed by atoms with Crippen molar-refractivity contribution in [1.29, 1.82) is 0 Å². The van der Waals surface area contributed by atoms with Gasteiger partial charge in [0, 0.05) is 32.3 Å². The van der Waals surface area contributed by atoms with Gasteiger partial charge < -0.3 is 10.6 Å². The Hall–Kier alpha value is -1.69. The number of likely N-dealkylation sites (N-methyl/N-ethyl adjacent to an activating group) is 1. The Labute approximate surface area is 105 Å². The van der Waals surface area contributed by atoms with Crippen molar-refractivity contribution in [2.75, 3.05) is 19.6 Å². The van der Waals surface area contributed by atoms with E-state index in [4.69, 9.17) is 5.73 Å². The first-order valence-corrected chi connectivity index (χ1v) is 6.03. The van der Waals surface area contributed by atoms with Crippen LogP contribution in [0.2, 0.25) is 0 Å². The molecule has 98 valence electrons. The van der Waals surface area contributed by atoms with Gasteiger partial charge in [-0.25, -0.2) is 4.39 Å². The first-order valence-electron chi connectivity index (χ1n) is 6.03. The Morgan fingerprint density at radius 1 is 1.67 bits per heavy atom. The second-order valence-electron chi connectivity index (χ2n) is 4.29. The van der Waals surface area contributed by atoms with E-state index >= 15 is 0 Å². The summed E-state index contributed by atoms with van der Waals surface area (Å²) in [7, 11) is 0. The maximum atomic E-state index is 12.5. The topological polar surface area (TPSA) is 64.2 Å². The lowest BCUT2D eigenvalue weighted by Crippen LogP contribution is -2.36. The molecule has 0 atom stereocenters. The van der Waals surface area contributed by atoms with Crippen LogP contribution in [-0.4, -0.2) is 40.2 Å². The van der Waals surface area contributed by atoms with Gasteiger partial charge in [0.05, 0.1) is 24.1 Å². The van der Waals surface area contributed by atoms with Crippen LogP contribution < -0.4 is 5.73 Å². The van der Waals surface area contributed by atoms with Crippen molar-refractivity contribution in [3.63, 3.8) is 0 Å². The molecule has 6 heteroatoms. The third-order valence-electron chi connectivity index (χ3n) is 3.14. The highest BCUT2D eigenvalue weighted by molar-refractivity contribution is 5.96. The monoisotopic (exact) mass is 252 g/mol. The molecule has 0 spiro atoms. The number of rotatable bonds is 4. The summed E-state index contributed by atoms with van der Waals surface area (Å²) in [6.07, 6.45) is 2.93. The van der Waals surface area contributed by atoms with Gasteiger partial charge in [-0.15, -0.1) is 0 Å². The zero-order chi connectivity index (χ0) is 13.1. The molecule has 0 saturated carbocycles. The second-order valence-corrected chi connectivity index (χ2v) is 4.29. The van der Waals surface area contributed by atoms with E-state index in [1.807, 2.05) is 6.92 Å². The first-order chi connectivity index (χ1) is 8.69. The molecule has 0 radical (unpaired) electrons. The predicted octanol–water partition coefficient (Wildman–Crippen LogP) is 0.713. The van der Waals surface area contributed by atoms with E-state index in [0.29, 0.717) is 37.1 Å². The van der Waals surface area contributed by atoms with Crippen LogP contribution in [0.4, 0.5) is 4.39 Å². The maximum absolute atomic E-state index is 12.5. The van der Waals surface area contributed by atoms with Gasteiger partial charge in [0.25, 0.3) is 5.91 Å². The summed E-state index contributed by atoms with van der Waals surface area (Å²) >= 11 is 0. The molecule has 0 fully saturated rings. The lowest BCUT2D eigenvalue weighted by atomic mass is 10.1. The van der Waals surface area contributed by atoms with Gasteiger partial charge in [-0.1, -0.05) is 0 Å². The SMILES string of the molecule is CCN1CCc2nn(CC(=CF)CN)cc2C1=O. The van der Waals surface area contributed by atoms with E-state index < -0.39 is 0 Å². The highest BCUT2D eigenvalue weighted by Crippen LogP contribution is 2.17. The number of hydrogen-bond acceptors (Lipinski definition) is 3. The van der Waals surface area contributed by atoms with Crippen LogP contribution in [0.1, 0.15) is 23.0 Å². The summed E-state index contributed by atoms with van der Waals surface area (Å²) in [4.78, 5) is 13.8. The van der Waals surface area contributed by atoms with Gasteiger partial charge in [0.1, 0.15) is 0 Å². The van der Waals surface area contributed by atoms with E-state index in [-0.39, 0.29) is 12.5 Å². The summed E-state index contributed by atoms with van der Waals surface area (Å²) in [6.45, 7) is 3.78. The van der Waals surface area contributed by atoms with Crippen molar-refractivity contribution < 1.29 is 9.18 Å². The molecule has 2 heterocycles. The Bertz CT molecular complexity index is 480. The lowest BCUT2D eigenvalue weighted by Gasteiger charge is -2.24. The molecule has 0 bridgehead atoms. The van der Waals surface area contributed by atoms with Crippen LogP contribution in [0.15, 0.2) is 18.1 Å². The fourth-order valence-corrected chi connectivity index (χ4v) is 2.07. The van der Waals surface area contributed by atoms with Crippen LogP contribution in [0.25, 0.3) is 0 Å². The minimum atomic E-state index is 0.00327. The summed E-state index contributed by atoms with van der Waals surface area (Å²) in [5.41, 5.74) is 7.27. The molecule has 2 rings (SSSR count). The van der Waals surface area contributed by atoms with Crippen molar-refractivity contribution in [1.82, 2.24) is 14.7 Å². The van der Waals surface area contributed by atoms with Crippen molar-refractivity contribution in [3.8, 4) is 0 Å². The quantitative estimate of drug-likeness (QED) is 0.858. The van der Waals surface area contributed by atoms with Crippen molar-refractivity contribution in [2.45, 2.75) is 19.9 Å². The fourth-order valence-electron chi connectivity index (χ4n) is 2.07. The van der Waals surface area contributed by atoms with Gasteiger partial charge in [-0.3, -0.25) is 9.48 Å². The van der Waals surface area contributed by atoms with Crippen LogP contribution in [0.3, 0.4) is 0 Å². The second kappa shape index (κ2) is 5.30. The van der Waals surface area contributed by atoms with E-state index in [0.717, 1.165) is 12.1 Å². The smallest absolute Gasteiger partial charge is 0.257 e. The molecule has 1 aliphatic rings. The number of aromatic nitrogens is 2. The number of amides is 1. The molecular weight excluding hydrogens is 235 g/mol. The van der Waals surface area contributed by atoms with Gasteiger partial charge in [0.2, 0.25) is 0 Å². The zero-order valence-corrected chi connectivity index (χ0v) is 10.4. The van der Waals surface area contributed by atoms with E-state index in [1.54, 1.807) is 15.8 Å². The Balaban J connectivity index is 2.21. The molecule has 2 N–H and O–H groups in total. The molecule has 1 aliphatic heterocycles. The number of halogens is 1. The van der Waals surface area contributed by atoms with Crippen LogP contribution in [0.5, 0.6) is 0 Å². The average Bonchev–Trinajstić information content (AvgIpc) is 2.80. The Morgan fingerprint density at radius 2 is 2.44 bits per heavy atom. The number of carbonyl (C=O) groups excluding carboxylic acids is 1. The van der Waals surface area contributed by atoms with Crippen LogP contribution >= 0.6 is 0 Å². The fraction of sp³-hybridized carbons (Fsp3) is 0.500. The number of hydrogen-bond donors (Lipinski definition) is 1. The summed E-state index contributed by atoms with van der Waals surface area (Å²) in [6, 6.07) is 0.